The van der Waals surface area contributed by atoms with Gasteiger partial charge in [-0.3, -0.25) is 4.79 Å². The van der Waals surface area contributed by atoms with Crippen LogP contribution in [0.15, 0.2) is 48.5 Å². The summed E-state index contributed by atoms with van der Waals surface area (Å²) in [6.07, 6.45) is 0. The van der Waals surface area contributed by atoms with Crippen LogP contribution in [0.25, 0.3) is 0 Å². The number of anilines is 2. The van der Waals surface area contributed by atoms with Crippen molar-refractivity contribution in [1.82, 2.24) is 5.32 Å². The van der Waals surface area contributed by atoms with Crippen molar-refractivity contribution in [3.8, 4) is 0 Å². The number of nitrogens with one attached hydrogen (secondary N) is 3. The molecule has 2 rings (SSSR count). The molecule has 0 saturated heterocycles. The molecule has 0 fully saturated rings. The van der Waals surface area contributed by atoms with E-state index in [1.807, 2.05) is 0 Å². The highest BCUT2D eigenvalue weighted by molar-refractivity contribution is 5.92. The number of hydrogen-bond acceptors (Lipinski definition) is 2. The second-order valence-corrected chi connectivity index (χ2v) is 4.70. The Labute approximate surface area is 127 Å². The van der Waals surface area contributed by atoms with Crippen molar-refractivity contribution in [2.24, 2.45) is 0 Å². The first-order valence-corrected chi connectivity index (χ1v) is 6.70. The minimum atomic E-state index is -0.385. The molecule has 5 nitrogen and oxygen atoms in total. The molecule has 114 valence electrons. The van der Waals surface area contributed by atoms with E-state index in [0.717, 1.165) is 5.56 Å². The number of halogens is 1. The van der Waals surface area contributed by atoms with E-state index >= 15 is 0 Å². The van der Waals surface area contributed by atoms with Crippen LogP contribution >= 0.6 is 0 Å². The van der Waals surface area contributed by atoms with Crippen molar-refractivity contribution in [2.75, 3.05) is 10.6 Å². The Hall–Kier alpha value is -2.89. The summed E-state index contributed by atoms with van der Waals surface area (Å²) < 4.78 is 12.8. The third kappa shape index (κ3) is 4.90. The molecule has 2 aromatic rings. The summed E-state index contributed by atoms with van der Waals surface area (Å²) in [6.45, 7) is 1.70. The van der Waals surface area contributed by atoms with Crippen molar-refractivity contribution in [3.05, 3.63) is 59.9 Å². The van der Waals surface area contributed by atoms with Gasteiger partial charge in [0.25, 0.3) is 0 Å². The van der Waals surface area contributed by atoms with E-state index in [1.165, 1.54) is 19.1 Å². The van der Waals surface area contributed by atoms with Crippen LogP contribution in [0.2, 0.25) is 0 Å². The number of carbonyl (C=O) groups is 2. The Morgan fingerprint density at radius 3 is 2.27 bits per heavy atom. The molecule has 3 amide bonds. The average Bonchev–Trinajstić information content (AvgIpc) is 2.46. The van der Waals surface area contributed by atoms with Crippen LogP contribution in [0.5, 0.6) is 0 Å². The van der Waals surface area contributed by atoms with E-state index < -0.39 is 0 Å². The van der Waals surface area contributed by atoms with Crippen molar-refractivity contribution >= 4 is 23.3 Å². The summed E-state index contributed by atoms with van der Waals surface area (Å²) in [4.78, 5) is 22.8. The quantitative estimate of drug-likeness (QED) is 0.812. The molecule has 3 N–H and O–H groups in total. The fraction of sp³-hybridized carbons (Fsp3) is 0.125. The number of rotatable bonds is 4. The normalized spacial score (nSPS) is 9.91. The van der Waals surface area contributed by atoms with Gasteiger partial charge < -0.3 is 16.0 Å². The van der Waals surface area contributed by atoms with Gasteiger partial charge in [-0.1, -0.05) is 18.2 Å². The van der Waals surface area contributed by atoms with Gasteiger partial charge in [0.05, 0.1) is 0 Å². The second kappa shape index (κ2) is 7.21. The Morgan fingerprint density at radius 2 is 1.64 bits per heavy atom. The van der Waals surface area contributed by atoms with Gasteiger partial charge in [-0.05, 0) is 35.9 Å². The van der Waals surface area contributed by atoms with Crippen LogP contribution in [0, 0.1) is 5.82 Å². The van der Waals surface area contributed by atoms with E-state index in [4.69, 9.17) is 0 Å². The maximum absolute atomic E-state index is 12.8. The highest BCUT2D eigenvalue weighted by Gasteiger charge is 2.03. The van der Waals surface area contributed by atoms with Crippen molar-refractivity contribution in [2.45, 2.75) is 13.5 Å². The highest BCUT2D eigenvalue weighted by atomic mass is 19.1. The first-order valence-electron chi connectivity index (χ1n) is 6.70. The third-order valence-corrected chi connectivity index (χ3v) is 2.81. The molecule has 0 unspecified atom stereocenters. The Balaban J connectivity index is 1.89. The van der Waals surface area contributed by atoms with Gasteiger partial charge >= 0.3 is 6.03 Å². The zero-order valence-electron chi connectivity index (χ0n) is 12.0. The molecule has 0 aliphatic rings. The monoisotopic (exact) mass is 301 g/mol. The molecule has 0 radical (unpaired) electrons. The lowest BCUT2D eigenvalue weighted by atomic mass is 10.2. The highest BCUT2D eigenvalue weighted by Crippen LogP contribution is 2.14. The first kappa shape index (κ1) is 15.5. The fourth-order valence-corrected chi connectivity index (χ4v) is 1.84. The van der Waals surface area contributed by atoms with E-state index in [1.54, 1.807) is 36.4 Å². The second-order valence-electron chi connectivity index (χ2n) is 4.70. The first-order chi connectivity index (χ1) is 10.5. The van der Waals surface area contributed by atoms with Crippen LogP contribution in [-0.4, -0.2) is 11.9 Å². The molecular weight excluding hydrogens is 285 g/mol. The molecule has 22 heavy (non-hydrogen) atoms. The zero-order valence-corrected chi connectivity index (χ0v) is 12.0. The molecule has 2 aromatic carbocycles. The molecule has 0 aliphatic carbocycles. The number of amides is 3. The van der Waals surface area contributed by atoms with Gasteiger partial charge in [-0.25, -0.2) is 9.18 Å². The van der Waals surface area contributed by atoms with E-state index in [2.05, 4.69) is 16.0 Å². The number of benzene rings is 2. The van der Waals surface area contributed by atoms with Gasteiger partial charge in [0, 0.05) is 24.8 Å². The molecular formula is C16H16FN3O2. The topological polar surface area (TPSA) is 70.2 Å². The molecule has 0 aliphatic heterocycles. The summed E-state index contributed by atoms with van der Waals surface area (Å²) in [7, 11) is 0. The lowest BCUT2D eigenvalue weighted by Gasteiger charge is -2.09. The molecule has 0 bridgehead atoms. The maximum atomic E-state index is 12.8. The zero-order chi connectivity index (χ0) is 15.9. The summed E-state index contributed by atoms with van der Waals surface area (Å²) >= 11 is 0. The Bertz CT molecular complexity index is 671. The van der Waals surface area contributed by atoms with E-state index in [-0.39, 0.29) is 24.3 Å². The van der Waals surface area contributed by atoms with Crippen molar-refractivity contribution < 1.29 is 14.0 Å². The molecule has 0 saturated carbocycles. The largest absolute Gasteiger partial charge is 0.334 e. The summed E-state index contributed by atoms with van der Waals surface area (Å²) in [6, 6.07) is 12.3. The van der Waals surface area contributed by atoms with Gasteiger partial charge in [0.1, 0.15) is 5.82 Å². The smallest absolute Gasteiger partial charge is 0.319 e. The molecule has 0 heterocycles. The predicted octanol–water partition coefficient (Wildman–Crippen LogP) is 3.11. The van der Waals surface area contributed by atoms with Crippen LogP contribution in [0.1, 0.15) is 12.5 Å². The number of carbonyl (C=O) groups excluding carboxylic acids is 2. The minimum absolute atomic E-state index is 0.182. The Kier molecular flexibility index (Phi) is 5.08. The van der Waals surface area contributed by atoms with Gasteiger partial charge in [0.2, 0.25) is 5.91 Å². The van der Waals surface area contributed by atoms with E-state index in [9.17, 15) is 14.0 Å². The van der Waals surface area contributed by atoms with Gasteiger partial charge in [-0.15, -0.1) is 0 Å². The van der Waals surface area contributed by atoms with Crippen LogP contribution in [0.3, 0.4) is 0 Å². The maximum Gasteiger partial charge on any atom is 0.319 e. The molecule has 0 spiro atoms. The predicted molar refractivity (Wildman–Crippen MR) is 83.0 cm³/mol. The summed E-state index contributed by atoms with van der Waals surface area (Å²) in [5, 5.41) is 7.96. The van der Waals surface area contributed by atoms with Gasteiger partial charge in [0.15, 0.2) is 0 Å². The number of urea groups is 1. The SMILES string of the molecule is CC(=O)Nc1cccc(NC(=O)NCc2ccc(F)cc2)c1. The average molecular weight is 301 g/mol. The minimum Gasteiger partial charge on any atom is -0.334 e. The standard InChI is InChI=1S/C16H16FN3O2/c1-11(21)19-14-3-2-4-15(9-14)20-16(22)18-10-12-5-7-13(17)8-6-12/h2-9H,10H2,1H3,(H,19,21)(H2,18,20,22). The molecule has 6 heteroatoms. The summed E-state index contributed by atoms with van der Waals surface area (Å²) in [5.41, 5.74) is 1.95. The van der Waals surface area contributed by atoms with Crippen LogP contribution in [-0.2, 0) is 11.3 Å². The van der Waals surface area contributed by atoms with Crippen molar-refractivity contribution in [1.29, 1.82) is 0 Å². The third-order valence-electron chi connectivity index (χ3n) is 2.81. The molecule has 0 aromatic heterocycles. The lowest BCUT2D eigenvalue weighted by molar-refractivity contribution is -0.114. The van der Waals surface area contributed by atoms with Crippen LogP contribution in [0.4, 0.5) is 20.6 Å². The van der Waals surface area contributed by atoms with Crippen molar-refractivity contribution in [3.63, 3.8) is 0 Å². The van der Waals surface area contributed by atoms with Gasteiger partial charge in [-0.2, -0.15) is 0 Å². The van der Waals surface area contributed by atoms with Crippen LogP contribution < -0.4 is 16.0 Å². The Morgan fingerprint density at radius 1 is 1.00 bits per heavy atom. The number of hydrogen-bond donors (Lipinski definition) is 3. The lowest BCUT2D eigenvalue weighted by Crippen LogP contribution is -2.28. The summed E-state index contributed by atoms with van der Waals surface area (Å²) in [5.74, 6) is -0.499. The van der Waals surface area contributed by atoms with E-state index in [0.29, 0.717) is 11.4 Å². The molecule has 0 atom stereocenters. The fourth-order valence-electron chi connectivity index (χ4n) is 1.84.